The van der Waals surface area contributed by atoms with Crippen molar-refractivity contribution < 1.29 is 27.8 Å². The largest absolute Gasteiger partial charge is 0.491 e. The molecule has 0 fully saturated rings. The van der Waals surface area contributed by atoms with E-state index in [4.69, 9.17) is 62.6 Å². The first kappa shape index (κ1) is 29.8. The van der Waals surface area contributed by atoms with Gasteiger partial charge in [0.05, 0.1) is 19.8 Å². The summed E-state index contributed by atoms with van der Waals surface area (Å²) in [7, 11) is -1.64. The van der Waals surface area contributed by atoms with Crippen molar-refractivity contribution in [1.82, 2.24) is 0 Å². The Bertz CT molecular complexity index is 1010. The summed E-state index contributed by atoms with van der Waals surface area (Å²) in [6.45, 7) is 7.63. The van der Waals surface area contributed by atoms with Crippen molar-refractivity contribution in [2.24, 2.45) is 0 Å². The third-order valence-electron chi connectivity index (χ3n) is 5.02. The molecule has 0 aliphatic carbocycles. The number of aryl methyl sites for hydroxylation is 3. The first-order valence-electron chi connectivity index (χ1n) is 11.7. The van der Waals surface area contributed by atoms with Crippen molar-refractivity contribution in [2.45, 2.75) is 20.8 Å². The first-order valence-corrected chi connectivity index (χ1v) is 13.9. The van der Waals surface area contributed by atoms with E-state index in [1.165, 1.54) is 0 Å². The van der Waals surface area contributed by atoms with E-state index in [1.54, 1.807) is 18.2 Å². The molecular formula is C27H30Cl3O6P. The summed E-state index contributed by atoms with van der Waals surface area (Å²) in [4.78, 5) is 0. The molecule has 0 saturated heterocycles. The minimum Gasteiger partial charge on any atom is -0.491 e. The summed E-state index contributed by atoms with van der Waals surface area (Å²) in [5.74, 6) is 2.24. The van der Waals surface area contributed by atoms with E-state index in [0.29, 0.717) is 34.9 Å². The molecule has 0 N–H and O–H groups in total. The molecule has 3 aromatic carbocycles. The van der Waals surface area contributed by atoms with Gasteiger partial charge in [0, 0.05) is 15.1 Å². The van der Waals surface area contributed by atoms with Crippen molar-refractivity contribution in [1.29, 1.82) is 0 Å². The normalized spacial score (nSPS) is 11.1. The molecule has 10 heteroatoms. The Labute approximate surface area is 234 Å². The van der Waals surface area contributed by atoms with Gasteiger partial charge in [-0.1, -0.05) is 34.8 Å². The second-order valence-electron chi connectivity index (χ2n) is 8.00. The molecule has 0 heterocycles. The molecule has 37 heavy (non-hydrogen) atoms. The number of halogens is 3. The second-order valence-corrected chi connectivity index (χ2v) is 10.5. The minimum atomic E-state index is -1.64. The lowest BCUT2D eigenvalue weighted by Gasteiger charge is -2.18. The van der Waals surface area contributed by atoms with E-state index in [0.717, 1.165) is 33.9 Å². The molecular weight excluding hydrogens is 558 g/mol. The van der Waals surface area contributed by atoms with Crippen molar-refractivity contribution in [2.75, 3.05) is 39.6 Å². The van der Waals surface area contributed by atoms with Crippen LogP contribution in [0.15, 0.2) is 54.6 Å². The highest BCUT2D eigenvalue weighted by Crippen LogP contribution is 2.39. The zero-order chi connectivity index (χ0) is 26.6. The molecule has 0 radical (unpaired) electrons. The quantitative estimate of drug-likeness (QED) is 0.131. The zero-order valence-corrected chi connectivity index (χ0v) is 24.1. The lowest BCUT2D eigenvalue weighted by molar-refractivity contribution is 0.115. The lowest BCUT2D eigenvalue weighted by Crippen LogP contribution is -2.12. The van der Waals surface area contributed by atoms with Crippen LogP contribution in [0.1, 0.15) is 16.7 Å². The molecule has 0 aliphatic rings. The number of benzene rings is 3. The average molecular weight is 588 g/mol. The van der Waals surface area contributed by atoms with Gasteiger partial charge in [-0.05, 0) is 92.1 Å². The van der Waals surface area contributed by atoms with Crippen molar-refractivity contribution >= 4 is 43.4 Å². The van der Waals surface area contributed by atoms with Crippen molar-refractivity contribution in [3.63, 3.8) is 0 Å². The topological polar surface area (TPSA) is 55.4 Å². The van der Waals surface area contributed by atoms with E-state index in [2.05, 4.69) is 0 Å². The highest BCUT2D eigenvalue weighted by molar-refractivity contribution is 7.41. The first-order chi connectivity index (χ1) is 17.8. The van der Waals surface area contributed by atoms with Gasteiger partial charge in [-0.3, -0.25) is 0 Å². The summed E-state index contributed by atoms with van der Waals surface area (Å²) in [6, 6.07) is 16.4. The molecule has 0 aromatic heterocycles. The van der Waals surface area contributed by atoms with Crippen LogP contribution in [0.5, 0.6) is 17.2 Å². The highest BCUT2D eigenvalue weighted by Gasteiger charge is 2.14. The molecule has 0 aliphatic heterocycles. The van der Waals surface area contributed by atoms with Crippen LogP contribution in [-0.4, -0.2) is 39.6 Å². The molecule has 0 bridgehead atoms. The lowest BCUT2D eigenvalue weighted by atomic mass is 10.2. The minimum absolute atomic E-state index is 0.280. The monoisotopic (exact) mass is 586 g/mol. The van der Waals surface area contributed by atoms with Crippen LogP contribution in [0.3, 0.4) is 0 Å². The molecule has 0 atom stereocenters. The molecule has 0 unspecified atom stereocenters. The van der Waals surface area contributed by atoms with Gasteiger partial charge in [0.1, 0.15) is 37.1 Å². The third kappa shape index (κ3) is 10.5. The Kier molecular flexibility index (Phi) is 12.6. The van der Waals surface area contributed by atoms with Gasteiger partial charge in [-0.25, -0.2) is 0 Å². The van der Waals surface area contributed by atoms with Gasteiger partial charge in [-0.2, -0.15) is 0 Å². The maximum absolute atomic E-state index is 6.01. The summed E-state index contributed by atoms with van der Waals surface area (Å²) >= 11 is 18.0. The van der Waals surface area contributed by atoms with Crippen LogP contribution >= 0.6 is 43.4 Å². The summed E-state index contributed by atoms with van der Waals surface area (Å²) in [5, 5.41) is 2.00. The summed E-state index contributed by atoms with van der Waals surface area (Å²) in [6.07, 6.45) is 0. The van der Waals surface area contributed by atoms with Gasteiger partial charge >= 0.3 is 8.60 Å². The van der Waals surface area contributed by atoms with E-state index in [9.17, 15) is 0 Å². The predicted octanol–water partition coefficient (Wildman–Crippen LogP) is 8.39. The van der Waals surface area contributed by atoms with Crippen molar-refractivity contribution in [3.8, 4) is 17.2 Å². The third-order valence-corrected chi connectivity index (χ3v) is 6.91. The maximum atomic E-state index is 6.01. The Morgan fingerprint density at radius 1 is 0.486 bits per heavy atom. The smallest absolute Gasteiger partial charge is 0.333 e. The fourth-order valence-corrected chi connectivity index (χ4v) is 4.80. The Morgan fingerprint density at radius 3 is 1.05 bits per heavy atom. The van der Waals surface area contributed by atoms with Crippen LogP contribution < -0.4 is 14.2 Å². The zero-order valence-electron chi connectivity index (χ0n) is 21.0. The number of ether oxygens (including phenoxy) is 3. The van der Waals surface area contributed by atoms with Gasteiger partial charge in [0.15, 0.2) is 0 Å². The molecule has 0 spiro atoms. The van der Waals surface area contributed by atoms with Crippen LogP contribution in [0.4, 0.5) is 0 Å². The van der Waals surface area contributed by atoms with E-state index < -0.39 is 8.60 Å². The number of hydrogen-bond donors (Lipinski definition) is 0. The highest BCUT2D eigenvalue weighted by atomic mass is 35.5. The van der Waals surface area contributed by atoms with Crippen LogP contribution in [-0.2, 0) is 13.6 Å². The van der Waals surface area contributed by atoms with Crippen LogP contribution in [0.25, 0.3) is 0 Å². The molecule has 0 saturated carbocycles. The van der Waals surface area contributed by atoms with E-state index >= 15 is 0 Å². The van der Waals surface area contributed by atoms with E-state index in [1.807, 2.05) is 57.2 Å². The van der Waals surface area contributed by atoms with Gasteiger partial charge in [-0.15, -0.1) is 0 Å². The molecule has 3 aromatic rings. The average Bonchev–Trinajstić information content (AvgIpc) is 2.85. The maximum Gasteiger partial charge on any atom is 0.333 e. The standard InChI is InChI=1S/C27H30Cl3O6P/c1-19-16-22(28)4-7-25(19)31-10-13-34-37(35-14-11-32-26-8-5-23(29)17-20(26)2)36-15-12-33-27-9-6-24(30)18-21(27)3/h4-9,16-18H,10-15H2,1-3H3. The van der Waals surface area contributed by atoms with Crippen LogP contribution in [0.2, 0.25) is 15.1 Å². The SMILES string of the molecule is Cc1cc(Cl)ccc1OCCOP(OCCOc1ccc(Cl)cc1C)OCCOc1ccc(Cl)cc1C. The predicted molar refractivity (Wildman–Crippen MR) is 150 cm³/mol. The Hall–Kier alpha value is -1.76. The molecule has 0 amide bonds. The van der Waals surface area contributed by atoms with Crippen LogP contribution in [0, 0.1) is 20.8 Å². The van der Waals surface area contributed by atoms with Gasteiger partial charge < -0.3 is 27.8 Å². The summed E-state index contributed by atoms with van der Waals surface area (Å²) in [5.41, 5.74) is 2.85. The van der Waals surface area contributed by atoms with Gasteiger partial charge in [0.2, 0.25) is 0 Å². The Balaban J connectivity index is 1.45. The fraction of sp³-hybridized carbons (Fsp3) is 0.333. The fourth-order valence-electron chi connectivity index (χ4n) is 3.23. The van der Waals surface area contributed by atoms with Crippen molar-refractivity contribution in [3.05, 3.63) is 86.4 Å². The van der Waals surface area contributed by atoms with Gasteiger partial charge in [0.25, 0.3) is 0 Å². The Morgan fingerprint density at radius 2 is 0.784 bits per heavy atom. The summed E-state index contributed by atoms with van der Waals surface area (Å²) < 4.78 is 34.9. The molecule has 3 rings (SSSR count). The second kappa shape index (κ2) is 15.6. The molecule has 6 nitrogen and oxygen atoms in total. The number of hydrogen-bond acceptors (Lipinski definition) is 6. The number of rotatable bonds is 15. The molecule has 200 valence electrons. The van der Waals surface area contributed by atoms with E-state index in [-0.39, 0.29) is 19.8 Å².